The minimum atomic E-state index is -0.232. The lowest BCUT2D eigenvalue weighted by Crippen LogP contribution is -2.23. The number of aromatic nitrogens is 1. The second-order valence-corrected chi connectivity index (χ2v) is 4.73. The van der Waals surface area contributed by atoms with Crippen molar-refractivity contribution in [2.75, 3.05) is 5.32 Å². The van der Waals surface area contributed by atoms with E-state index in [0.29, 0.717) is 11.0 Å². The van der Waals surface area contributed by atoms with E-state index in [0.717, 1.165) is 0 Å². The van der Waals surface area contributed by atoms with Gasteiger partial charge in [-0.15, -0.1) is 11.3 Å². The van der Waals surface area contributed by atoms with Crippen LogP contribution in [0.15, 0.2) is 23.9 Å². The second-order valence-electron chi connectivity index (χ2n) is 3.84. The van der Waals surface area contributed by atoms with E-state index in [4.69, 9.17) is 0 Å². The third-order valence-corrected chi connectivity index (χ3v) is 3.32. The smallest absolute Gasteiger partial charge is 0.315 e. The molecule has 1 fully saturated rings. The van der Waals surface area contributed by atoms with Crippen LogP contribution in [0.25, 0.3) is 0 Å². The van der Waals surface area contributed by atoms with Crippen LogP contribution in [0.1, 0.15) is 25.7 Å². The summed E-state index contributed by atoms with van der Waals surface area (Å²) in [5.74, 6) is 0.639. The number of hydrogen-bond donors (Lipinski definition) is 2. The molecule has 1 saturated carbocycles. The van der Waals surface area contributed by atoms with Gasteiger partial charge in [0.15, 0.2) is 5.13 Å². The van der Waals surface area contributed by atoms with Gasteiger partial charge in [-0.25, -0.2) is 9.78 Å². The molecule has 2 N–H and O–H groups in total. The molecule has 0 aliphatic heterocycles. The van der Waals surface area contributed by atoms with Crippen molar-refractivity contribution in [2.24, 2.45) is 5.92 Å². The normalized spacial score (nSPS) is 16.8. The summed E-state index contributed by atoms with van der Waals surface area (Å²) >= 11 is 1.40. The Bertz CT molecular complexity index is 355. The summed E-state index contributed by atoms with van der Waals surface area (Å²) in [5, 5.41) is 7.78. The van der Waals surface area contributed by atoms with Gasteiger partial charge in [-0.05, 0) is 18.8 Å². The van der Waals surface area contributed by atoms with Crippen molar-refractivity contribution in [2.45, 2.75) is 25.7 Å². The number of allylic oxidation sites excluding steroid dienone is 1. The van der Waals surface area contributed by atoms with Crippen LogP contribution in [0.5, 0.6) is 0 Å². The largest absolute Gasteiger partial charge is 0.324 e. The van der Waals surface area contributed by atoms with Gasteiger partial charge in [-0.1, -0.05) is 18.9 Å². The topological polar surface area (TPSA) is 54.0 Å². The molecule has 5 heteroatoms. The van der Waals surface area contributed by atoms with Crippen LogP contribution in [0.3, 0.4) is 0 Å². The molecule has 0 unspecified atom stereocenters. The number of nitrogens with zero attached hydrogens (tertiary/aromatic N) is 1. The van der Waals surface area contributed by atoms with E-state index >= 15 is 0 Å². The number of anilines is 1. The average Bonchev–Trinajstić information content (AvgIpc) is 2.90. The molecule has 2 amide bonds. The number of thiazole rings is 1. The Morgan fingerprint density at radius 1 is 1.50 bits per heavy atom. The van der Waals surface area contributed by atoms with Crippen molar-refractivity contribution in [1.29, 1.82) is 0 Å². The number of urea groups is 1. The van der Waals surface area contributed by atoms with Gasteiger partial charge in [0.05, 0.1) is 0 Å². The van der Waals surface area contributed by atoms with E-state index in [9.17, 15) is 4.79 Å². The number of carbonyl (C=O) groups excluding carboxylic acids is 1. The molecule has 0 aromatic carbocycles. The molecular formula is C11H15N3OS. The van der Waals surface area contributed by atoms with Gasteiger partial charge in [0.25, 0.3) is 0 Å². The Morgan fingerprint density at radius 2 is 2.31 bits per heavy atom. The van der Waals surface area contributed by atoms with E-state index in [1.165, 1.54) is 37.0 Å². The quantitative estimate of drug-likeness (QED) is 0.849. The summed E-state index contributed by atoms with van der Waals surface area (Å²) in [7, 11) is 0. The highest BCUT2D eigenvalue weighted by Crippen LogP contribution is 2.25. The first-order valence-electron chi connectivity index (χ1n) is 5.48. The maximum Gasteiger partial charge on any atom is 0.324 e. The SMILES string of the molecule is O=C(N/C=C/C1CCCC1)Nc1nccs1. The highest BCUT2D eigenvalue weighted by Gasteiger charge is 2.11. The van der Waals surface area contributed by atoms with Gasteiger partial charge < -0.3 is 5.32 Å². The predicted molar refractivity (Wildman–Crippen MR) is 65.4 cm³/mol. The average molecular weight is 237 g/mol. The highest BCUT2D eigenvalue weighted by molar-refractivity contribution is 7.13. The van der Waals surface area contributed by atoms with E-state index < -0.39 is 0 Å². The van der Waals surface area contributed by atoms with Gasteiger partial charge in [0, 0.05) is 17.8 Å². The van der Waals surface area contributed by atoms with Crippen LogP contribution in [-0.4, -0.2) is 11.0 Å². The van der Waals surface area contributed by atoms with Gasteiger partial charge in [0.2, 0.25) is 0 Å². The van der Waals surface area contributed by atoms with Gasteiger partial charge in [-0.2, -0.15) is 0 Å². The van der Waals surface area contributed by atoms with Gasteiger partial charge in [-0.3, -0.25) is 5.32 Å². The Kier molecular flexibility index (Phi) is 3.93. The number of carbonyl (C=O) groups is 1. The molecular weight excluding hydrogens is 222 g/mol. The Balaban J connectivity index is 1.71. The summed E-state index contributed by atoms with van der Waals surface area (Å²) in [6.45, 7) is 0. The lowest BCUT2D eigenvalue weighted by Gasteiger charge is -2.02. The monoisotopic (exact) mass is 237 g/mol. The molecule has 2 rings (SSSR count). The van der Waals surface area contributed by atoms with Crippen LogP contribution < -0.4 is 10.6 Å². The third kappa shape index (κ3) is 3.34. The maximum atomic E-state index is 11.4. The third-order valence-electron chi connectivity index (χ3n) is 2.64. The molecule has 1 aliphatic rings. The fraction of sp³-hybridized carbons (Fsp3) is 0.455. The molecule has 1 aromatic heterocycles. The van der Waals surface area contributed by atoms with Crippen molar-refractivity contribution in [3.63, 3.8) is 0 Å². The van der Waals surface area contributed by atoms with E-state index in [2.05, 4.69) is 21.7 Å². The van der Waals surface area contributed by atoms with E-state index in [1.807, 2.05) is 5.38 Å². The van der Waals surface area contributed by atoms with Crippen molar-refractivity contribution in [1.82, 2.24) is 10.3 Å². The van der Waals surface area contributed by atoms with Crippen LogP contribution in [0.2, 0.25) is 0 Å². The summed E-state index contributed by atoms with van der Waals surface area (Å²) < 4.78 is 0. The van der Waals surface area contributed by atoms with E-state index in [1.54, 1.807) is 12.4 Å². The van der Waals surface area contributed by atoms with Crippen molar-refractivity contribution >= 4 is 22.5 Å². The maximum absolute atomic E-state index is 11.4. The first-order chi connectivity index (χ1) is 7.84. The number of nitrogens with one attached hydrogen (secondary N) is 2. The van der Waals surface area contributed by atoms with Crippen LogP contribution >= 0.6 is 11.3 Å². The van der Waals surface area contributed by atoms with Crippen molar-refractivity contribution in [3.8, 4) is 0 Å². The molecule has 4 nitrogen and oxygen atoms in total. The molecule has 1 heterocycles. The first kappa shape index (κ1) is 11.1. The zero-order valence-electron chi connectivity index (χ0n) is 8.98. The number of rotatable bonds is 3. The number of amides is 2. The fourth-order valence-electron chi connectivity index (χ4n) is 1.83. The molecule has 0 radical (unpaired) electrons. The standard InChI is InChI=1S/C11H15N3OS/c15-10(14-11-13-7-8-16-11)12-6-5-9-3-1-2-4-9/h5-9H,1-4H2,(H2,12,13,14,15)/b6-5+. The molecule has 1 aromatic rings. The van der Waals surface area contributed by atoms with Crippen molar-refractivity contribution < 1.29 is 4.79 Å². The molecule has 86 valence electrons. The summed E-state index contributed by atoms with van der Waals surface area (Å²) in [4.78, 5) is 15.3. The van der Waals surface area contributed by atoms with E-state index in [-0.39, 0.29) is 6.03 Å². The zero-order valence-corrected chi connectivity index (χ0v) is 9.80. The van der Waals surface area contributed by atoms with Crippen LogP contribution in [-0.2, 0) is 0 Å². The minimum absolute atomic E-state index is 0.232. The molecule has 1 aliphatic carbocycles. The Morgan fingerprint density at radius 3 is 3.00 bits per heavy atom. The van der Waals surface area contributed by atoms with Gasteiger partial charge in [0.1, 0.15) is 0 Å². The molecule has 0 atom stereocenters. The zero-order chi connectivity index (χ0) is 11.2. The highest BCUT2D eigenvalue weighted by atomic mass is 32.1. The van der Waals surface area contributed by atoms with Crippen LogP contribution in [0, 0.1) is 5.92 Å². The summed E-state index contributed by atoms with van der Waals surface area (Å²) in [5.41, 5.74) is 0. The summed E-state index contributed by atoms with van der Waals surface area (Å²) in [6.07, 6.45) is 10.6. The lowest BCUT2D eigenvalue weighted by molar-refractivity contribution is 0.255. The Labute approximate surface area is 98.8 Å². The molecule has 0 saturated heterocycles. The molecule has 16 heavy (non-hydrogen) atoms. The van der Waals surface area contributed by atoms with Crippen LogP contribution in [0.4, 0.5) is 9.93 Å². The molecule has 0 spiro atoms. The molecule has 0 bridgehead atoms. The van der Waals surface area contributed by atoms with Crippen molar-refractivity contribution in [3.05, 3.63) is 23.9 Å². The lowest BCUT2D eigenvalue weighted by atomic mass is 10.1. The second kappa shape index (κ2) is 5.65. The summed E-state index contributed by atoms with van der Waals surface area (Å²) in [6, 6.07) is -0.232. The fourth-order valence-corrected chi connectivity index (χ4v) is 2.35. The van der Waals surface area contributed by atoms with Gasteiger partial charge >= 0.3 is 6.03 Å². The number of hydrogen-bond acceptors (Lipinski definition) is 3. The Hall–Kier alpha value is -1.36. The predicted octanol–water partition coefficient (Wildman–Crippen LogP) is 2.97. The first-order valence-corrected chi connectivity index (χ1v) is 6.36. The minimum Gasteiger partial charge on any atom is -0.315 e.